The van der Waals surface area contributed by atoms with Gasteiger partial charge < -0.3 is 31.1 Å². The summed E-state index contributed by atoms with van der Waals surface area (Å²) in [5, 5.41) is 18.6. The van der Waals surface area contributed by atoms with Gasteiger partial charge in [0.25, 0.3) is 0 Å². The van der Waals surface area contributed by atoms with Gasteiger partial charge in [0.15, 0.2) is 0 Å². The molecule has 0 aromatic heterocycles. The number of amides is 4. The van der Waals surface area contributed by atoms with Gasteiger partial charge in [0, 0.05) is 5.75 Å². The van der Waals surface area contributed by atoms with E-state index in [1.807, 2.05) is 19.9 Å². The predicted octanol–water partition coefficient (Wildman–Crippen LogP) is 0.448. The van der Waals surface area contributed by atoms with Gasteiger partial charge in [-0.3, -0.25) is 14.4 Å². The van der Waals surface area contributed by atoms with Crippen molar-refractivity contribution in [2.45, 2.75) is 51.9 Å². The van der Waals surface area contributed by atoms with Crippen LogP contribution in [0.4, 0.5) is 4.79 Å². The standard InChI is InChI=1S/C22H32N4O7S/c1-13(2)9-16(20(29)26-17(12-34)21(30)31)25-18(27)10-23-19(28)14(3)24-22(32)33-11-15-7-5-4-6-8-15/h4-8,13-14,16-17,34H,9-12H2,1-3H3,(H,23,28)(H,24,32)(H,25,27)(H,26,29)(H,30,31)/t14-,16-,17-/m0/s1. The lowest BCUT2D eigenvalue weighted by Gasteiger charge is -2.22. The Labute approximate surface area is 203 Å². The number of carboxylic acids is 1. The molecular weight excluding hydrogens is 464 g/mol. The number of carbonyl (C=O) groups excluding carboxylic acids is 4. The lowest BCUT2D eigenvalue weighted by atomic mass is 10.0. The lowest BCUT2D eigenvalue weighted by molar-refractivity contribution is -0.141. The number of carbonyl (C=O) groups is 5. The number of alkyl carbamates (subject to hydrolysis) is 1. The molecule has 34 heavy (non-hydrogen) atoms. The van der Waals surface area contributed by atoms with Crippen LogP contribution in [-0.2, 0) is 30.5 Å². The fraction of sp³-hybridized carbons (Fsp3) is 0.500. The Bertz CT molecular complexity index is 851. The van der Waals surface area contributed by atoms with Gasteiger partial charge in [0.1, 0.15) is 24.7 Å². The second-order valence-electron chi connectivity index (χ2n) is 7.98. The van der Waals surface area contributed by atoms with Gasteiger partial charge in [-0.05, 0) is 24.8 Å². The molecule has 0 saturated carbocycles. The van der Waals surface area contributed by atoms with Crippen LogP contribution in [0, 0.1) is 5.92 Å². The van der Waals surface area contributed by atoms with Crippen LogP contribution >= 0.6 is 12.6 Å². The highest BCUT2D eigenvalue weighted by Crippen LogP contribution is 2.06. The van der Waals surface area contributed by atoms with Crippen molar-refractivity contribution >= 4 is 42.4 Å². The van der Waals surface area contributed by atoms with E-state index in [9.17, 15) is 24.0 Å². The molecule has 0 aliphatic carbocycles. The number of hydrogen-bond acceptors (Lipinski definition) is 7. The molecule has 0 aliphatic heterocycles. The van der Waals surface area contributed by atoms with Crippen molar-refractivity contribution in [1.29, 1.82) is 0 Å². The highest BCUT2D eigenvalue weighted by Gasteiger charge is 2.27. The molecule has 0 fully saturated rings. The molecule has 1 aromatic rings. The van der Waals surface area contributed by atoms with E-state index >= 15 is 0 Å². The van der Waals surface area contributed by atoms with Crippen molar-refractivity contribution in [2.24, 2.45) is 5.92 Å². The Kier molecular flexibility index (Phi) is 12.5. The lowest BCUT2D eigenvalue weighted by Crippen LogP contribution is -2.54. The number of carboxylic acid groups (broad SMARTS) is 1. The number of nitrogens with one attached hydrogen (secondary N) is 4. The number of aliphatic carboxylic acids is 1. The van der Waals surface area contributed by atoms with Gasteiger partial charge in [-0.2, -0.15) is 12.6 Å². The summed E-state index contributed by atoms with van der Waals surface area (Å²) < 4.78 is 5.05. The molecule has 1 rings (SSSR count). The monoisotopic (exact) mass is 496 g/mol. The molecular formula is C22H32N4O7S. The SMILES string of the molecule is CC(C)C[C@H](NC(=O)CNC(=O)[C@H](C)NC(=O)OCc1ccccc1)C(=O)N[C@@H](CS)C(=O)O. The topological polar surface area (TPSA) is 163 Å². The smallest absolute Gasteiger partial charge is 0.408 e. The normalized spacial score (nSPS) is 13.2. The number of benzene rings is 1. The van der Waals surface area contributed by atoms with E-state index in [4.69, 9.17) is 9.84 Å². The second kappa shape index (κ2) is 14.8. The molecule has 0 radical (unpaired) electrons. The highest BCUT2D eigenvalue weighted by molar-refractivity contribution is 7.80. The third-order valence-corrected chi connectivity index (χ3v) is 4.88. The third-order valence-electron chi connectivity index (χ3n) is 4.52. The van der Waals surface area contributed by atoms with Gasteiger partial charge in [-0.1, -0.05) is 44.2 Å². The van der Waals surface area contributed by atoms with Crippen molar-refractivity contribution in [1.82, 2.24) is 21.3 Å². The Hall–Kier alpha value is -3.28. The summed E-state index contributed by atoms with van der Waals surface area (Å²) in [4.78, 5) is 59.9. The summed E-state index contributed by atoms with van der Waals surface area (Å²) in [5.74, 6) is -3.27. The molecule has 0 saturated heterocycles. The molecule has 0 aliphatic rings. The average Bonchev–Trinajstić information content (AvgIpc) is 2.79. The zero-order valence-electron chi connectivity index (χ0n) is 19.4. The summed E-state index contributed by atoms with van der Waals surface area (Å²) in [6.07, 6.45) is -0.530. The van der Waals surface area contributed by atoms with Crippen LogP contribution in [0.25, 0.3) is 0 Å². The second-order valence-corrected chi connectivity index (χ2v) is 8.34. The Balaban J connectivity index is 2.51. The first-order valence-corrected chi connectivity index (χ1v) is 11.3. The Morgan fingerprint density at radius 2 is 1.59 bits per heavy atom. The van der Waals surface area contributed by atoms with E-state index in [1.54, 1.807) is 24.3 Å². The van der Waals surface area contributed by atoms with Crippen LogP contribution in [0.5, 0.6) is 0 Å². The van der Waals surface area contributed by atoms with Crippen molar-refractivity contribution < 1.29 is 33.8 Å². The average molecular weight is 497 g/mol. The van der Waals surface area contributed by atoms with E-state index in [2.05, 4.69) is 33.9 Å². The van der Waals surface area contributed by atoms with Gasteiger partial charge in [-0.25, -0.2) is 9.59 Å². The summed E-state index contributed by atoms with van der Waals surface area (Å²) in [6.45, 7) is 4.70. The van der Waals surface area contributed by atoms with Gasteiger partial charge >= 0.3 is 12.1 Å². The Morgan fingerprint density at radius 3 is 2.15 bits per heavy atom. The van der Waals surface area contributed by atoms with Gasteiger partial charge in [0.05, 0.1) is 6.54 Å². The van der Waals surface area contributed by atoms with Crippen LogP contribution < -0.4 is 21.3 Å². The minimum Gasteiger partial charge on any atom is -0.480 e. The minimum atomic E-state index is -1.24. The molecule has 0 bridgehead atoms. The maximum absolute atomic E-state index is 12.4. The van der Waals surface area contributed by atoms with Gasteiger partial charge in [0.2, 0.25) is 17.7 Å². The highest BCUT2D eigenvalue weighted by atomic mass is 32.1. The maximum atomic E-state index is 12.4. The van der Waals surface area contributed by atoms with Crippen molar-refractivity contribution in [3.05, 3.63) is 35.9 Å². The number of ether oxygens (including phenoxy) is 1. The van der Waals surface area contributed by atoms with Crippen molar-refractivity contribution in [2.75, 3.05) is 12.3 Å². The molecule has 11 nitrogen and oxygen atoms in total. The molecule has 12 heteroatoms. The summed E-state index contributed by atoms with van der Waals surface area (Å²) >= 11 is 3.90. The Morgan fingerprint density at radius 1 is 0.941 bits per heavy atom. The molecule has 4 amide bonds. The largest absolute Gasteiger partial charge is 0.480 e. The fourth-order valence-electron chi connectivity index (χ4n) is 2.73. The minimum absolute atomic E-state index is 0.0241. The quantitative estimate of drug-likeness (QED) is 0.216. The number of hydrogen-bond donors (Lipinski definition) is 6. The summed E-state index contributed by atoms with van der Waals surface area (Å²) in [6, 6.07) is 5.85. The summed E-state index contributed by atoms with van der Waals surface area (Å²) in [5.41, 5.74) is 0.787. The zero-order valence-corrected chi connectivity index (χ0v) is 20.3. The van der Waals surface area contributed by atoms with E-state index in [0.29, 0.717) is 0 Å². The maximum Gasteiger partial charge on any atom is 0.408 e. The summed E-state index contributed by atoms with van der Waals surface area (Å²) in [7, 11) is 0. The van der Waals surface area contributed by atoms with Crippen molar-refractivity contribution in [3.8, 4) is 0 Å². The molecule has 1 aromatic carbocycles. The number of thiol groups is 1. The van der Waals surface area contributed by atoms with Crippen LogP contribution in [0.3, 0.4) is 0 Å². The molecule has 188 valence electrons. The van der Waals surface area contributed by atoms with Crippen molar-refractivity contribution in [3.63, 3.8) is 0 Å². The molecule has 0 spiro atoms. The van der Waals surface area contributed by atoms with Crippen LogP contribution in [0.15, 0.2) is 30.3 Å². The molecule has 0 heterocycles. The molecule has 5 N–H and O–H groups in total. The fourth-order valence-corrected chi connectivity index (χ4v) is 2.98. The molecule has 0 unspecified atom stereocenters. The van der Waals surface area contributed by atoms with E-state index in [-0.39, 0.29) is 24.7 Å². The number of rotatable bonds is 13. The first kappa shape index (κ1) is 28.8. The predicted molar refractivity (Wildman–Crippen MR) is 127 cm³/mol. The van der Waals surface area contributed by atoms with E-state index < -0.39 is 54.5 Å². The first-order valence-electron chi connectivity index (χ1n) is 10.7. The first-order chi connectivity index (χ1) is 16.0. The third kappa shape index (κ3) is 11.0. The molecule has 3 atom stereocenters. The van der Waals surface area contributed by atoms with E-state index in [1.165, 1.54) is 6.92 Å². The van der Waals surface area contributed by atoms with Gasteiger partial charge in [-0.15, -0.1) is 0 Å². The van der Waals surface area contributed by atoms with Crippen LogP contribution in [-0.4, -0.2) is 65.3 Å². The van der Waals surface area contributed by atoms with E-state index in [0.717, 1.165) is 5.56 Å². The van der Waals surface area contributed by atoms with Crippen LogP contribution in [0.2, 0.25) is 0 Å². The van der Waals surface area contributed by atoms with Crippen LogP contribution in [0.1, 0.15) is 32.8 Å². The zero-order chi connectivity index (χ0) is 25.7.